The van der Waals surface area contributed by atoms with Gasteiger partial charge in [-0.05, 0) is 48.3 Å². The van der Waals surface area contributed by atoms with Crippen molar-refractivity contribution in [2.24, 2.45) is 22.7 Å². The lowest BCUT2D eigenvalue weighted by Crippen LogP contribution is -2.37. The first-order valence-corrected chi connectivity index (χ1v) is 5.48. The second-order valence-corrected chi connectivity index (χ2v) is 6.01. The summed E-state index contributed by atoms with van der Waals surface area (Å²) in [5, 5.41) is 0. The van der Waals surface area contributed by atoms with Gasteiger partial charge in [-0.25, -0.2) is 0 Å². The van der Waals surface area contributed by atoms with E-state index in [2.05, 4.69) is 27.7 Å². The van der Waals surface area contributed by atoms with Crippen molar-refractivity contribution in [3.05, 3.63) is 0 Å². The lowest BCUT2D eigenvalue weighted by molar-refractivity contribution is 0.0407. The van der Waals surface area contributed by atoms with E-state index < -0.39 is 0 Å². The molecule has 2 unspecified atom stereocenters. The summed E-state index contributed by atoms with van der Waals surface area (Å²) in [5.74, 6) is 1.96. The van der Waals surface area contributed by atoms with E-state index in [9.17, 15) is 0 Å². The standard InChI is InChI=1S/C12H22/c1-9(2)12-6-5-10(8-12)7-11(12,3)4/h9-10H,5-8H2,1-4H3. The Morgan fingerprint density at radius 1 is 1.17 bits per heavy atom. The van der Waals surface area contributed by atoms with E-state index in [1.807, 2.05) is 0 Å². The molecule has 0 aliphatic heterocycles. The molecule has 0 amide bonds. The Bertz CT molecular complexity index is 190. The largest absolute Gasteiger partial charge is 0.0622 e. The molecule has 2 rings (SSSR count). The summed E-state index contributed by atoms with van der Waals surface area (Å²) >= 11 is 0. The van der Waals surface area contributed by atoms with Crippen molar-refractivity contribution in [1.82, 2.24) is 0 Å². The maximum atomic E-state index is 2.49. The lowest BCUT2D eigenvalue weighted by Gasteiger charge is -2.45. The third kappa shape index (κ3) is 0.843. The average molecular weight is 166 g/mol. The quantitative estimate of drug-likeness (QED) is 0.555. The van der Waals surface area contributed by atoms with Crippen LogP contribution in [0.1, 0.15) is 53.4 Å². The average Bonchev–Trinajstić information content (AvgIpc) is 2.40. The molecule has 2 aliphatic rings. The van der Waals surface area contributed by atoms with Crippen LogP contribution in [0.15, 0.2) is 0 Å². The van der Waals surface area contributed by atoms with E-state index in [-0.39, 0.29) is 0 Å². The van der Waals surface area contributed by atoms with E-state index in [1.165, 1.54) is 25.7 Å². The molecule has 0 heterocycles. The summed E-state index contributed by atoms with van der Waals surface area (Å²) in [7, 11) is 0. The molecule has 0 nitrogen and oxygen atoms in total. The summed E-state index contributed by atoms with van der Waals surface area (Å²) in [5.41, 5.74) is 1.34. The van der Waals surface area contributed by atoms with Crippen LogP contribution in [0.3, 0.4) is 0 Å². The first-order chi connectivity index (χ1) is 5.48. The van der Waals surface area contributed by atoms with Gasteiger partial charge in [-0.15, -0.1) is 0 Å². The molecule has 2 aliphatic carbocycles. The molecule has 0 N–H and O–H groups in total. The lowest BCUT2D eigenvalue weighted by atomic mass is 9.60. The fraction of sp³-hybridized carbons (Fsp3) is 1.00. The first-order valence-electron chi connectivity index (χ1n) is 5.48. The van der Waals surface area contributed by atoms with Gasteiger partial charge in [0, 0.05) is 0 Å². The van der Waals surface area contributed by atoms with Crippen molar-refractivity contribution >= 4 is 0 Å². The van der Waals surface area contributed by atoms with E-state index in [4.69, 9.17) is 0 Å². The Kier molecular flexibility index (Phi) is 1.63. The van der Waals surface area contributed by atoms with Crippen LogP contribution >= 0.6 is 0 Å². The number of hydrogen-bond acceptors (Lipinski definition) is 0. The van der Waals surface area contributed by atoms with Gasteiger partial charge in [0.1, 0.15) is 0 Å². The van der Waals surface area contributed by atoms with Crippen molar-refractivity contribution < 1.29 is 0 Å². The van der Waals surface area contributed by atoms with Crippen LogP contribution in [0, 0.1) is 22.7 Å². The van der Waals surface area contributed by atoms with Crippen molar-refractivity contribution in [1.29, 1.82) is 0 Å². The summed E-state index contributed by atoms with van der Waals surface area (Å²) in [4.78, 5) is 0. The fourth-order valence-corrected chi connectivity index (χ4v) is 4.20. The minimum Gasteiger partial charge on any atom is -0.0622 e. The summed E-state index contributed by atoms with van der Waals surface area (Å²) in [6.07, 6.45) is 6.03. The Labute approximate surface area is 76.7 Å². The number of rotatable bonds is 1. The van der Waals surface area contributed by atoms with Crippen LogP contribution in [-0.4, -0.2) is 0 Å². The zero-order chi connectivity index (χ0) is 8.98. The van der Waals surface area contributed by atoms with Gasteiger partial charge >= 0.3 is 0 Å². The van der Waals surface area contributed by atoms with E-state index >= 15 is 0 Å². The highest BCUT2D eigenvalue weighted by Gasteiger charge is 2.57. The molecule has 0 aromatic heterocycles. The van der Waals surface area contributed by atoms with Crippen LogP contribution in [0.25, 0.3) is 0 Å². The SMILES string of the molecule is CC(C)C12CCC(CC1(C)C)C2. The van der Waals surface area contributed by atoms with E-state index in [0.717, 1.165) is 11.8 Å². The van der Waals surface area contributed by atoms with Gasteiger partial charge in [-0.1, -0.05) is 27.7 Å². The van der Waals surface area contributed by atoms with Crippen molar-refractivity contribution in [3.63, 3.8) is 0 Å². The highest BCUT2D eigenvalue weighted by molar-refractivity contribution is 5.07. The molecule has 12 heavy (non-hydrogen) atoms. The van der Waals surface area contributed by atoms with Crippen molar-refractivity contribution in [2.75, 3.05) is 0 Å². The highest BCUT2D eigenvalue weighted by Crippen LogP contribution is 2.67. The molecule has 2 fully saturated rings. The fourth-order valence-electron chi connectivity index (χ4n) is 4.20. The topological polar surface area (TPSA) is 0 Å². The summed E-state index contributed by atoms with van der Waals surface area (Å²) in [6.45, 7) is 9.84. The molecule has 2 bridgehead atoms. The van der Waals surface area contributed by atoms with Crippen LogP contribution in [0.4, 0.5) is 0 Å². The Morgan fingerprint density at radius 2 is 1.83 bits per heavy atom. The van der Waals surface area contributed by atoms with Gasteiger partial charge in [-0.3, -0.25) is 0 Å². The predicted octanol–water partition coefficient (Wildman–Crippen LogP) is 3.86. The van der Waals surface area contributed by atoms with Gasteiger partial charge in [-0.2, -0.15) is 0 Å². The number of hydrogen-bond donors (Lipinski definition) is 0. The third-order valence-corrected chi connectivity index (χ3v) is 4.90. The monoisotopic (exact) mass is 166 g/mol. The minimum absolute atomic E-state index is 0.629. The molecule has 0 radical (unpaired) electrons. The molecular formula is C12H22. The van der Waals surface area contributed by atoms with Crippen LogP contribution in [0.5, 0.6) is 0 Å². The molecule has 0 spiro atoms. The van der Waals surface area contributed by atoms with Gasteiger partial charge < -0.3 is 0 Å². The molecule has 0 aromatic rings. The van der Waals surface area contributed by atoms with Gasteiger partial charge in [0.05, 0.1) is 0 Å². The molecular weight excluding hydrogens is 144 g/mol. The predicted molar refractivity (Wildman–Crippen MR) is 53.0 cm³/mol. The Balaban J connectivity index is 2.33. The maximum absolute atomic E-state index is 2.49. The van der Waals surface area contributed by atoms with Crippen molar-refractivity contribution in [2.45, 2.75) is 53.4 Å². The van der Waals surface area contributed by atoms with Gasteiger partial charge in [0.25, 0.3) is 0 Å². The maximum Gasteiger partial charge on any atom is -0.0220 e. The van der Waals surface area contributed by atoms with Gasteiger partial charge in [0.2, 0.25) is 0 Å². The highest BCUT2D eigenvalue weighted by atomic mass is 14.6. The van der Waals surface area contributed by atoms with E-state index in [1.54, 1.807) is 0 Å². The minimum atomic E-state index is 0.629. The van der Waals surface area contributed by atoms with Gasteiger partial charge in [0.15, 0.2) is 0 Å². The zero-order valence-corrected chi connectivity index (χ0v) is 8.98. The molecule has 0 heteroatoms. The van der Waals surface area contributed by atoms with Crippen LogP contribution < -0.4 is 0 Å². The molecule has 0 saturated heterocycles. The third-order valence-electron chi connectivity index (χ3n) is 4.90. The number of fused-ring (bicyclic) bond motifs is 2. The second kappa shape index (κ2) is 2.27. The van der Waals surface area contributed by atoms with Crippen molar-refractivity contribution in [3.8, 4) is 0 Å². The van der Waals surface area contributed by atoms with Crippen LogP contribution in [-0.2, 0) is 0 Å². The molecule has 0 aromatic carbocycles. The molecule has 2 saturated carbocycles. The van der Waals surface area contributed by atoms with Crippen LogP contribution in [0.2, 0.25) is 0 Å². The Hall–Kier alpha value is 0. The summed E-state index contributed by atoms with van der Waals surface area (Å²) in [6, 6.07) is 0. The molecule has 2 atom stereocenters. The van der Waals surface area contributed by atoms with E-state index in [0.29, 0.717) is 10.8 Å². The summed E-state index contributed by atoms with van der Waals surface area (Å²) < 4.78 is 0. The smallest absolute Gasteiger partial charge is 0.0220 e. The Morgan fingerprint density at radius 3 is 2.08 bits per heavy atom. The first kappa shape index (κ1) is 8.59. The molecule has 70 valence electrons. The normalized spacial score (nSPS) is 44.2. The second-order valence-electron chi connectivity index (χ2n) is 6.01. The zero-order valence-electron chi connectivity index (χ0n) is 8.98.